The van der Waals surface area contributed by atoms with E-state index in [-0.39, 0.29) is 156 Å². The van der Waals surface area contributed by atoms with E-state index in [9.17, 15) is 73.5 Å². The first-order valence-corrected chi connectivity index (χ1v) is 28.6. The van der Waals surface area contributed by atoms with Gasteiger partial charge in [0.2, 0.25) is 29.7 Å². The number of nitrogens with one attached hydrogen (secondary N) is 4. The van der Waals surface area contributed by atoms with Crippen molar-refractivity contribution in [3.05, 3.63) is 129 Å². The van der Waals surface area contributed by atoms with Crippen LogP contribution in [0, 0.1) is 11.6 Å². The van der Waals surface area contributed by atoms with Crippen LogP contribution < -0.4 is 21.3 Å². The molecule has 6 heterocycles. The topological polar surface area (TPSA) is 217 Å². The third kappa shape index (κ3) is 18.4. The van der Waals surface area contributed by atoms with Crippen molar-refractivity contribution in [3.8, 4) is 0 Å². The minimum Gasteiger partial charge on any atom is -0.350 e. The quantitative estimate of drug-likeness (QED) is 0.0352. The molecule has 0 saturated carbocycles. The number of amides is 6. The normalized spacial score (nSPS) is 18.7. The lowest BCUT2D eigenvalue weighted by molar-refractivity contribution is -0.139. The SMILES string of the molecule is C.C.CC(=O)c1cn(CC(=O)N2C[C@H](F)C[C@H]2C(=O)NCc2cccc(Cl)c2F)c2ccc(N=C=O)cc12.CC(=O)c1cn(CC(=O)N2C[C@H](F)C[C@H]2C(=O)NCc2cccc(Cl)c2F)c2ccc(NC(=O)N3CCCC(F)(F)C3)cc12.Cl.FC1(F)CCCNC1. The van der Waals surface area contributed by atoms with E-state index in [0.29, 0.717) is 39.5 Å². The number of Topliss-reactive ketones (excluding diaryl/α,β-unsaturated/α-hetero) is 2. The number of ketones is 2. The molecule has 10 rings (SSSR count). The second-order valence-corrected chi connectivity index (χ2v) is 22.5. The Morgan fingerprint density at radius 3 is 1.60 bits per heavy atom. The van der Waals surface area contributed by atoms with Crippen LogP contribution in [-0.4, -0.2) is 147 Å². The predicted octanol–water partition coefficient (Wildman–Crippen LogP) is 11.7. The van der Waals surface area contributed by atoms with Crippen LogP contribution in [0.4, 0.5) is 51.3 Å². The summed E-state index contributed by atoms with van der Waals surface area (Å²) in [5, 5.41) is 11.0. The molecule has 4 saturated heterocycles. The number of piperidine rings is 2. The van der Waals surface area contributed by atoms with Gasteiger partial charge in [0.15, 0.2) is 11.6 Å². The summed E-state index contributed by atoms with van der Waals surface area (Å²) in [4.78, 5) is 107. The lowest BCUT2D eigenvalue weighted by atomic mass is 10.1. The molecule has 4 fully saturated rings. The number of carbonyl (C=O) groups is 7. The van der Waals surface area contributed by atoms with Crippen molar-refractivity contribution in [1.82, 2.24) is 39.8 Å². The summed E-state index contributed by atoms with van der Waals surface area (Å²) in [6, 6.07) is 15.1. The number of hydrogen-bond donors (Lipinski definition) is 4. The van der Waals surface area contributed by atoms with Gasteiger partial charge in [0.05, 0.1) is 41.9 Å². The van der Waals surface area contributed by atoms with Crippen LogP contribution in [0.5, 0.6) is 0 Å². The fourth-order valence-corrected chi connectivity index (χ4v) is 11.2. The van der Waals surface area contributed by atoms with E-state index in [2.05, 4.69) is 26.3 Å². The van der Waals surface area contributed by atoms with Crippen LogP contribution in [0.1, 0.15) is 99.1 Å². The molecule has 0 bridgehead atoms. The first kappa shape index (κ1) is 73.8. The Labute approximate surface area is 535 Å². The molecule has 0 aliphatic carbocycles. The standard InChI is InChI=1S/C30H30ClF4N5O4.C25H21ClF2N4O4.C5H9F2N.2CH4.ClH/c1-17(41)22-14-39(24-7-6-20(11-21(22)24)37-29(44)38-9-3-8-30(34,35)16-38)15-26(42)40-13-19(32)10-25(40)28(43)36-12-18-4-2-5-23(31)27(18)33;1-14(34)19-11-31(21-6-5-17(30-13-33)8-18(19)21)12-23(35)32-10-16(27)7-22(32)25(36)29-9-15-3-2-4-20(26)24(15)28;6-5(7)2-1-3-8-4-5;;;/h2,4-7,11,14,19,25H,3,8-10,12-13,15-16H2,1H3,(H,36,43)(H,37,44);2-6,8,11,16,22H,7,9-10,12H2,1H3,(H,29,36);8H,1-4H2;2*1H4;1H/t19-,25+;16-,22+;;;;/m11..../s1. The molecule has 29 heteroatoms. The van der Waals surface area contributed by atoms with Gasteiger partial charge in [0, 0.05) is 107 Å². The molecule has 6 amide bonds. The number of benzene rings is 4. The molecule has 4 atom stereocenters. The van der Waals surface area contributed by atoms with Crippen molar-refractivity contribution >= 4 is 116 Å². The van der Waals surface area contributed by atoms with Gasteiger partial charge in [-0.2, -0.15) is 4.99 Å². The van der Waals surface area contributed by atoms with Gasteiger partial charge in [0.1, 0.15) is 49.2 Å². The lowest BCUT2D eigenvalue weighted by Gasteiger charge is -2.32. The highest BCUT2D eigenvalue weighted by atomic mass is 35.5. The molecular weight excluding hydrogens is 1270 g/mol. The molecule has 18 nitrogen and oxygen atoms in total. The van der Waals surface area contributed by atoms with Gasteiger partial charge in [-0.15, -0.1) is 12.4 Å². The van der Waals surface area contributed by atoms with Crippen LogP contribution in [0.25, 0.3) is 21.8 Å². The van der Waals surface area contributed by atoms with Crippen LogP contribution in [-0.2, 0) is 50.2 Å². The van der Waals surface area contributed by atoms with Gasteiger partial charge in [-0.25, -0.2) is 44.7 Å². The second kappa shape index (κ2) is 31.9. The largest absolute Gasteiger partial charge is 0.350 e. The summed E-state index contributed by atoms with van der Waals surface area (Å²) in [5.41, 5.74) is 2.44. The maximum Gasteiger partial charge on any atom is 0.322 e. The number of alkyl halides is 6. The molecule has 4 N–H and O–H groups in total. The summed E-state index contributed by atoms with van der Waals surface area (Å²) in [6.07, 6.45) is 1.69. The molecule has 4 aliphatic rings. The van der Waals surface area contributed by atoms with Crippen molar-refractivity contribution < 1.29 is 73.5 Å². The Balaban J connectivity index is 0.000000289. The Bertz CT molecular complexity index is 3710. The smallest absolute Gasteiger partial charge is 0.322 e. The predicted molar refractivity (Wildman–Crippen MR) is 331 cm³/mol. The van der Waals surface area contributed by atoms with Gasteiger partial charge in [-0.3, -0.25) is 28.8 Å². The third-order valence-electron chi connectivity index (χ3n) is 15.2. The van der Waals surface area contributed by atoms with Crippen LogP contribution in [0.15, 0.2) is 90.2 Å². The number of aromatic nitrogens is 2. The molecule has 0 spiro atoms. The van der Waals surface area contributed by atoms with Crippen molar-refractivity contribution in [2.45, 2.75) is 130 Å². The highest BCUT2D eigenvalue weighted by Gasteiger charge is 2.42. The number of carbonyl (C=O) groups excluding carboxylic acids is 8. The van der Waals surface area contributed by atoms with Crippen molar-refractivity contribution in [2.24, 2.45) is 4.99 Å². The van der Waals surface area contributed by atoms with E-state index in [1.807, 2.05) is 0 Å². The van der Waals surface area contributed by atoms with E-state index in [1.54, 1.807) is 18.2 Å². The average Bonchev–Trinajstić information content (AvgIpc) is 1.86. The zero-order chi connectivity index (χ0) is 63.8. The molecule has 6 aromatic rings. The fraction of sp³-hybridized carbons (Fsp3) is 0.419. The number of urea groups is 1. The van der Waals surface area contributed by atoms with E-state index in [4.69, 9.17) is 23.2 Å². The lowest BCUT2D eigenvalue weighted by Crippen LogP contribution is -2.47. The minimum absolute atomic E-state index is 0. The molecule has 2 aromatic heterocycles. The van der Waals surface area contributed by atoms with Crippen molar-refractivity contribution in [2.75, 3.05) is 44.6 Å². The molecule has 0 radical (unpaired) electrons. The number of fused-ring (bicyclic) bond motifs is 2. The van der Waals surface area contributed by atoms with Gasteiger partial charge in [-0.05, 0) is 81.8 Å². The number of aliphatic imine (C=N–C) groups is 1. The number of hydrogen-bond acceptors (Lipinski definition) is 10. The molecule has 4 aliphatic heterocycles. The number of anilines is 1. The monoisotopic (exact) mass is 1340 g/mol. The second-order valence-electron chi connectivity index (χ2n) is 21.7. The minimum atomic E-state index is -2.96. The van der Waals surface area contributed by atoms with E-state index in [1.165, 1.54) is 96.1 Å². The Kier molecular flexibility index (Phi) is 25.9. The van der Waals surface area contributed by atoms with Gasteiger partial charge in [0.25, 0.3) is 11.8 Å². The molecule has 0 unspecified atom stereocenters. The number of likely N-dealkylation sites (tertiary alicyclic amines) is 3. The maximum atomic E-state index is 14.5. The van der Waals surface area contributed by atoms with Crippen molar-refractivity contribution in [1.29, 1.82) is 0 Å². The van der Waals surface area contributed by atoms with Crippen molar-refractivity contribution in [3.63, 3.8) is 0 Å². The Morgan fingerprint density at radius 1 is 0.681 bits per heavy atom. The summed E-state index contributed by atoms with van der Waals surface area (Å²) >= 11 is 11.6. The van der Waals surface area contributed by atoms with E-state index in [0.717, 1.165) is 21.2 Å². The average molecular weight is 1340 g/mol. The van der Waals surface area contributed by atoms with E-state index >= 15 is 0 Å². The molecular formula is C62H69Cl3F8N10O8. The van der Waals surface area contributed by atoms with Crippen LogP contribution >= 0.6 is 35.6 Å². The number of halogens is 11. The Morgan fingerprint density at radius 2 is 1.16 bits per heavy atom. The summed E-state index contributed by atoms with van der Waals surface area (Å²) in [7, 11) is 0. The zero-order valence-corrected chi connectivity index (χ0v) is 50.2. The fourth-order valence-electron chi connectivity index (χ4n) is 10.8. The first-order chi connectivity index (χ1) is 41.7. The number of nitrogens with zero attached hydrogens (tertiary/aromatic N) is 6. The zero-order valence-electron chi connectivity index (χ0n) is 47.8. The number of isocyanates is 1. The Hall–Kier alpha value is -7.90. The molecule has 91 heavy (non-hydrogen) atoms. The van der Waals surface area contributed by atoms with Gasteiger partial charge >= 0.3 is 6.03 Å². The third-order valence-corrected chi connectivity index (χ3v) is 15.8. The van der Waals surface area contributed by atoms with Gasteiger partial charge < -0.3 is 45.1 Å². The van der Waals surface area contributed by atoms with Gasteiger partial charge in [-0.1, -0.05) is 62.3 Å². The molecule has 492 valence electrons. The van der Waals surface area contributed by atoms with E-state index < -0.39 is 84.1 Å². The maximum absolute atomic E-state index is 14.5. The highest BCUT2D eigenvalue weighted by molar-refractivity contribution is 6.31. The number of rotatable bonds is 14. The van der Waals surface area contributed by atoms with Crippen LogP contribution in [0.2, 0.25) is 10.0 Å². The summed E-state index contributed by atoms with van der Waals surface area (Å²) < 4.78 is 112. The summed E-state index contributed by atoms with van der Waals surface area (Å²) in [5.74, 6) is -9.67. The first-order valence-electron chi connectivity index (χ1n) is 27.9. The molecule has 4 aromatic carbocycles. The highest BCUT2D eigenvalue weighted by Crippen LogP contribution is 2.32. The van der Waals surface area contributed by atoms with Crippen LogP contribution in [0.3, 0.4) is 0 Å². The summed E-state index contributed by atoms with van der Waals surface area (Å²) in [6.45, 7) is 1.29.